The predicted molar refractivity (Wildman–Crippen MR) is 55.0 cm³/mol. The second kappa shape index (κ2) is 3.66. The lowest BCUT2D eigenvalue weighted by Gasteiger charge is -2.34. The highest BCUT2D eigenvalue weighted by Gasteiger charge is 2.72. The molecule has 2 rings (SSSR count). The van der Waals surface area contributed by atoms with Crippen molar-refractivity contribution in [3.8, 4) is 0 Å². The summed E-state index contributed by atoms with van der Waals surface area (Å²) in [4.78, 5) is 25.3. The molecule has 3 atom stereocenters. The zero-order valence-electron chi connectivity index (χ0n) is 10.0. The van der Waals surface area contributed by atoms with Crippen LogP contribution in [0.3, 0.4) is 0 Å². The minimum absolute atomic E-state index is 0.363. The number of rotatable bonds is 3. The number of hydroxylamine groups is 1. The summed E-state index contributed by atoms with van der Waals surface area (Å²) in [6.45, 7) is 3.85. The number of amides is 2. The normalized spacial score (nSPS) is 39.9. The Morgan fingerprint density at radius 3 is 2.88 bits per heavy atom. The fraction of sp³-hybridized carbons (Fsp3) is 0.800. The van der Waals surface area contributed by atoms with Gasteiger partial charge in [0.25, 0.3) is 17.4 Å². The van der Waals surface area contributed by atoms with Crippen molar-refractivity contribution >= 4 is 11.8 Å². The molecular formula is C10H16N2O5. The van der Waals surface area contributed by atoms with Gasteiger partial charge in [0.15, 0.2) is 0 Å². The van der Waals surface area contributed by atoms with E-state index >= 15 is 0 Å². The second-order valence-corrected chi connectivity index (χ2v) is 4.47. The molecule has 7 nitrogen and oxygen atoms in total. The minimum atomic E-state index is -1.76. The van der Waals surface area contributed by atoms with Crippen molar-refractivity contribution < 1.29 is 24.3 Å². The van der Waals surface area contributed by atoms with E-state index in [0.29, 0.717) is 13.0 Å². The van der Waals surface area contributed by atoms with Gasteiger partial charge in [0.05, 0.1) is 0 Å². The van der Waals surface area contributed by atoms with E-state index in [9.17, 15) is 9.59 Å². The average molecular weight is 244 g/mol. The number of likely N-dealkylation sites (N-methyl/N-ethyl adjacent to an activating group) is 1. The Hall–Kier alpha value is -1.18. The Balaban J connectivity index is 2.43. The summed E-state index contributed by atoms with van der Waals surface area (Å²) in [5, 5.41) is 8.78. The third kappa shape index (κ3) is 1.33. The van der Waals surface area contributed by atoms with Crippen LogP contribution in [-0.2, 0) is 19.1 Å². The summed E-state index contributed by atoms with van der Waals surface area (Å²) in [5.74, 6) is -1.37. The minimum Gasteiger partial charge on any atom is -0.374 e. The zero-order chi connectivity index (χ0) is 12.8. The van der Waals surface area contributed by atoms with Gasteiger partial charge in [0.1, 0.15) is 11.8 Å². The molecule has 0 aromatic rings. The zero-order valence-corrected chi connectivity index (χ0v) is 10.0. The molecule has 0 aromatic carbocycles. The number of nitrogens with one attached hydrogen (secondary N) is 1. The van der Waals surface area contributed by atoms with Crippen molar-refractivity contribution in [3.05, 3.63) is 0 Å². The van der Waals surface area contributed by atoms with Crippen LogP contribution in [0.2, 0.25) is 0 Å². The Labute approximate surface area is 98.6 Å². The molecule has 0 unspecified atom stereocenters. The highest BCUT2D eigenvalue weighted by atomic mass is 16.6. The van der Waals surface area contributed by atoms with E-state index in [4.69, 9.17) is 14.7 Å². The van der Waals surface area contributed by atoms with E-state index in [0.717, 1.165) is 0 Å². The quantitative estimate of drug-likeness (QED) is 0.387. The third-order valence-electron chi connectivity index (χ3n) is 3.54. The van der Waals surface area contributed by atoms with E-state index in [1.165, 1.54) is 10.4 Å². The lowest BCUT2D eigenvalue weighted by Crippen LogP contribution is -2.61. The number of carbonyl (C=O) groups excluding carboxylic acids is 2. The first kappa shape index (κ1) is 12.3. The smallest absolute Gasteiger partial charge is 0.288 e. The molecule has 0 radical (unpaired) electrons. The Morgan fingerprint density at radius 1 is 1.76 bits per heavy atom. The number of likely N-dealkylation sites (tertiary alicyclic amines) is 1. The summed E-state index contributed by atoms with van der Waals surface area (Å²) >= 11 is 0. The topological polar surface area (TPSA) is 88.1 Å². The summed E-state index contributed by atoms with van der Waals surface area (Å²) < 4.78 is 11.0. The van der Waals surface area contributed by atoms with Crippen molar-refractivity contribution in [1.82, 2.24) is 10.4 Å². The molecule has 2 amide bonds. The number of fused-ring (bicyclic) bond motifs is 2. The first-order chi connectivity index (χ1) is 7.92. The fourth-order valence-corrected chi connectivity index (χ4v) is 2.54. The molecule has 2 fully saturated rings. The van der Waals surface area contributed by atoms with Gasteiger partial charge in [0.2, 0.25) is 0 Å². The molecule has 2 saturated heterocycles. The lowest BCUT2D eigenvalue weighted by atomic mass is 9.88. The van der Waals surface area contributed by atoms with Crippen LogP contribution in [-0.4, -0.2) is 53.0 Å². The fourth-order valence-electron chi connectivity index (χ4n) is 2.54. The van der Waals surface area contributed by atoms with Gasteiger partial charge in [-0.3, -0.25) is 14.8 Å². The van der Waals surface area contributed by atoms with E-state index in [1.807, 2.05) is 0 Å². The Bertz CT molecular complexity index is 374. The van der Waals surface area contributed by atoms with Crippen LogP contribution in [0.4, 0.5) is 0 Å². The highest BCUT2D eigenvalue weighted by molar-refractivity contribution is 6.11. The van der Waals surface area contributed by atoms with Crippen molar-refractivity contribution in [3.63, 3.8) is 0 Å². The third-order valence-corrected chi connectivity index (χ3v) is 3.54. The van der Waals surface area contributed by atoms with Crippen molar-refractivity contribution in [1.29, 1.82) is 0 Å². The van der Waals surface area contributed by atoms with Gasteiger partial charge >= 0.3 is 0 Å². The Kier molecular flexibility index (Phi) is 2.64. The number of ether oxygens (including phenoxy) is 2. The molecule has 2 aliphatic heterocycles. The van der Waals surface area contributed by atoms with Crippen LogP contribution in [0.1, 0.15) is 20.3 Å². The molecule has 17 heavy (non-hydrogen) atoms. The number of piperidine rings is 1. The number of hydrogen-bond donors (Lipinski definition) is 2. The molecule has 96 valence electrons. The maximum Gasteiger partial charge on any atom is 0.288 e. The summed E-state index contributed by atoms with van der Waals surface area (Å²) in [7, 11) is 1.57. The van der Waals surface area contributed by atoms with Gasteiger partial charge in [0, 0.05) is 20.1 Å². The van der Waals surface area contributed by atoms with Crippen LogP contribution in [0.15, 0.2) is 0 Å². The van der Waals surface area contributed by atoms with Crippen LogP contribution >= 0.6 is 0 Å². The van der Waals surface area contributed by atoms with Gasteiger partial charge in [-0.05, 0) is 13.8 Å². The van der Waals surface area contributed by atoms with Crippen LogP contribution in [0.25, 0.3) is 0 Å². The standard InChI is InChI=1S/C10H16N2O5/c1-4-16-6-5-9(2)12(3)8(14)10(6,17-9)7(13)11-15/h6,15H,4-5H2,1-3H3,(H,11,13)/t6-,9-,10-/m0/s1. The number of carbonyl (C=O) groups is 2. The average Bonchev–Trinajstić information content (AvgIpc) is 2.70. The van der Waals surface area contributed by atoms with Gasteiger partial charge in [-0.25, -0.2) is 5.48 Å². The molecule has 7 heteroatoms. The van der Waals surface area contributed by atoms with E-state index < -0.39 is 29.2 Å². The first-order valence-electron chi connectivity index (χ1n) is 5.47. The van der Waals surface area contributed by atoms with Crippen LogP contribution in [0, 0.1) is 0 Å². The summed E-state index contributed by atoms with van der Waals surface area (Å²) in [5.41, 5.74) is -1.12. The maximum atomic E-state index is 12.1. The molecule has 0 saturated carbocycles. The maximum absolute atomic E-state index is 12.1. The van der Waals surface area contributed by atoms with Crippen molar-refractivity contribution in [2.75, 3.05) is 13.7 Å². The molecule has 2 aliphatic rings. The SMILES string of the molecule is CCO[C@H]1C[C@]2(C)O[C@@]1(C(=O)NO)C(=O)N2C. The lowest BCUT2D eigenvalue weighted by molar-refractivity contribution is -0.167. The van der Waals surface area contributed by atoms with Gasteiger partial charge in [-0.1, -0.05) is 0 Å². The van der Waals surface area contributed by atoms with Crippen LogP contribution in [0.5, 0.6) is 0 Å². The van der Waals surface area contributed by atoms with Gasteiger partial charge in [-0.2, -0.15) is 0 Å². The highest BCUT2D eigenvalue weighted by Crippen LogP contribution is 2.49. The molecule has 2 N–H and O–H groups in total. The monoisotopic (exact) mass is 244 g/mol. The van der Waals surface area contributed by atoms with Crippen molar-refractivity contribution in [2.45, 2.75) is 37.7 Å². The largest absolute Gasteiger partial charge is 0.374 e. The predicted octanol–water partition coefficient (Wildman–Crippen LogP) is -0.756. The van der Waals surface area contributed by atoms with E-state index in [2.05, 4.69) is 0 Å². The molecule has 2 bridgehead atoms. The van der Waals surface area contributed by atoms with Crippen LogP contribution < -0.4 is 5.48 Å². The van der Waals surface area contributed by atoms with Gasteiger partial charge < -0.3 is 14.4 Å². The Morgan fingerprint density at radius 2 is 2.41 bits per heavy atom. The van der Waals surface area contributed by atoms with E-state index in [-0.39, 0.29) is 0 Å². The molecule has 0 aromatic heterocycles. The molecule has 0 aliphatic carbocycles. The number of nitrogens with zero attached hydrogens (tertiary/aromatic N) is 1. The van der Waals surface area contributed by atoms with Crippen molar-refractivity contribution in [2.24, 2.45) is 0 Å². The molecule has 2 heterocycles. The molecular weight excluding hydrogens is 228 g/mol. The summed E-state index contributed by atoms with van der Waals surface area (Å²) in [6.07, 6.45) is -0.274. The second-order valence-electron chi connectivity index (χ2n) is 4.47. The van der Waals surface area contributed by atoms with Gasteiger partial charge in [-0.15, -0.1) is 0 Å². The molecule has 0 spiro atoms. The number of hydrogen-bond acceptors (Lipinski definition) is 5. The van der Waals surface area contributed by atoms with E-state index in [1.54, 1.807) is 20.9 Å². The first-order valence-corrected chi connectivity index (χ1v) is 5.47. The summed E-state index contributed by atoms with van der Waals surface area (Å²) in [6, 6.07) is 0.